The minimum Gasteiger partial charge on any atom is -0.493 e. The zero-order valence-electron chi connectivity index (χ0n) is 21.5. The van der Waals surface area contributed by atoms with E-state index in [1.165, 1.54) is 23.2 Å². The first-order valence-electron chi connectivity index (χ1n) is 12.8. The van der Waals surface area contributed by atoms with E-state index in [9.17, 15) is 9.18 Å². The van der Waals surface area contributed by atoms with Crippen LogP contribution in [0.1, 0.15) is 55.0 Å². The summed E-state index contributed by atoms with van der Waals surface area (Å²) in [6.45, 7) is 0.212. The topological polar surface area (TPSA) is 74.9 Å². The normalized spacial score (nSPS) is 14.2. The first-order valence-corrected chi connectivity index (χ1v) is 12.8. The molecular weight excluding hydrogens is 485 g/mol. The molecule has 8 heteroatoms. The lowest BCUT2D eigenvalue weighted by atomic mass is 9.88. The lowest BCUT2D eigenvalue weighted by Gasteiger charge is -2.22. The fraction of sp³-hybridized carbons (Fsp3) is 0.300. The smallest absolute Gasteiger partial charge is 0.282 e. The van der Waals surface area contributed by atoms with Crippen molar-refractivity contribution < 1.29 is 18.6 Å². The molecule has 4 aromatic rings. The standard InChI is InChI=1S/C30H30FN3O4/c1-36-26-16-21(17-27(37-2)28(26)38-19-20-12-14-23(31)15-13-20)18-32-34-29(22-8-4-3-5-9-22)33-25-11-7-6-10-24(25)30(34)35/h6-7,10-18,22H,3-5,8-9,19H2,1-2H3. The quantitative estimate of drug-likeness (QED) is 0.267. The Labute approximate surface area is 220 Å². The van der Waals surface area contributed by atoms with Gasteiger partial charge in [0.15, 0.2) is 11.5 Å². The number of hydrogen-bond acceptors (Lipinski definition) is 6. The van der Waals surface area contributed by atoms with Crippen molar-refractivity contribution >= 4 is 17.1 Å². The Bertz CT molecular complexity index is 1480. The number of aromatic nitrogens is 2. The van der Waals surface area contributed by atoms with Gasteiger partial charge in [0.05, 0.1) is 31.3 Å². The summed E-state index contributed by atoms with van der Waals surface area (Å²) in [5.74, 6) is 1.89. The molecule has 1 fully saturated rings. The number of benzene rings is 3. The third-order valence-corrected chi connectivity index (χ3v) is 6.85. The van der Waals surface area contributed by atoms with Crippen LogP contribution in [0.25, 0.3) is 10.9 Å². The number of methoxy groups -OCH3 is 2. The Kier molecular flexibility index (Phi) is 7.67. The highest BCUT2D eigenvalue weighted by molar-refractivity contribution is 5.83. The van der Waals surface area contributed by atoms with E-state index in [4.69, 9.17) is 19.2 Å². The fourth-order valence-corrected chi connectivity index (χ4v) is 4.86. The fourth-order valence-electron chi connectivity index (χ4n) is 4.86. The lowest BCUT2D eigenvalue weighted by molar-refractivity contribution is 0.266. The van der Waals surface area contributed by atoms with Crippen molar-refractivity contribution in [3.8, 4) is 17.2 Å². The van der Waals surface area contributed by atoms with E-state index in [1.807, 2.05) is 18.2 Å². The molecule has 7 nitrogen and oxygen atoms in total. The van der Waals surface area contributed by atoms with Crippen LogP contribution in [-0.2, 0) is 6.61 Å². The van der Waals surface area contributed by atoms with Crippen molar-refractivity contribution in [3.63, 3.8) is 0 Å². The number of hydrogen-bond donors (Lipinski definition) is 0. The summed E-state index contributed by atoms with van der Waals surface area (Å²) in [5.41, 5.74) is 1.98. The van der Waals surface area contributed by atoms with E-state index in [1.54, 1.807) is 50.8 Å². The maximum absolute atomic E-state index is 13.5. The Morgan fingerprint density at radius 2 is 1.68 bits per heavy atom. The zero-order valence-corrected chi connectivity index (χ0v) is 21.5. The molecule has 3 aromatic carbocycles. The molecule has 5 rings (SSSR count). The van der Waals surface area contributed by atoms with Gasteiger partial charge in [-0.2, -0.15) is 9.78 Å². The minimum absolute atomic E-state index is 0.185. The molecule has 0 N–H and O–H groups in total. The van der Waals surface area contributed by atoms with Crippen LogP contribution in [0.15, 0.2) is 70.6 Å². The van der Waals surface area contributed by atoms with Gasteiger partial charge in [-0.1, -0.05) is 43.5 Å². The van der Waals surface area contributed by atoms with Gasteiger partial charge in [0, 0.05) is 11.5 Å². The Morgan fingerprint density at radius 3 is 2.37 bits per heavy atom. The third kappa shape index (κ3) is 5.39. The maximum atomic E-state index is 13.5. The van der Waals surface area contributed by atoms with Crippen LogP contribution in [-0.4, -0.2) is 30.1 Å². The van der Waals surface area contributed by atoms with Crippen molar-refractivity contribution in [1.29, 1.82) is 0 Å². The second-order valence-electron chi connectivity index (χ2n) is 9.35. The molecule has 0 spiro atoms. The predicted molar refractivity (Wildman–Crippen MR) is 145 cm³/mol. The maximum Gasteiger partial charge on any atom is 0.282 e. The van der Waals surface area contributed by atoms with Gasteiger partial charge in [-0.3, -0.25) is 4.79 Å². The number of nitrogens with zero attached hydrogens (tertiary/aromatic N) is 3. The van der Waals surface area contributed by atoms with E-state index in [0.29, 0.717) is 39.5 Å². The largest absolute Gasteiger partial charge is 0.493 e. The van der Waals surface area contributed by atoms with Gasteiger partial charge in [0.25, 0.3) is 5.56 Å². The van der Waals surface area contributed by atoms with E-state index in [0.717, 1.165) is 31.2 Å². The predicted octanol–water partition coefficient (Wildman–Crippen LogP) is 6.06. The molecule has 0 saturated heterocycles. The van der Waals surface area contributed by atoms with Crippen LogP contribution < -0.4 is 19.8 Å². The molecule has 0 amide bonds. The average Bonchev–Trinajstić information content (AvgIpc) is 2.96. The number of halogens is 1. The van der Waals surface area contributed by atoms with Gasteiger partial charge in [-0.15, -0.1) is 0 Å². The molecular formula is C30H30FN3O4. The number of fused-ring (bicyclic) bond motifs is 1. The van der Waals surface area contributed by atoms with Gasteiger partial charge in [0.1, 0.15) is 18.2 Å². The van der Waals surface area contributed by atoms with Crippen molar-refractivity contribution in [2.75, 3.05) is 14.2 Å². The van der Waals surface area contributed by atoms with Crippen molar-refractivity contribution in [3.05, 3.63) is 93.8 Å². The molecule has 0 unspecified atom stereocenters. The van der Waals surface area contributed by atoms with E-state index in [-0.39, 0.29) is 23.9 Å². The van der Waals surface area contributed by atoms with Crippen molar-refractivity contribution in [2.24, 2.45) is 5.10 Å². The molecule has 38 heavy (non-hydrogen) atoms. The second-order valence-corrected chi connectivity index (χ2v) is 9.35. The average molecular weight is 516 g/mol. The van der Waals surface area contributed by atoms with Gasteiger partial charge in [-0.05, 0) is 54.8 Å². The van der Waals surface area contributed by atoms with Gasteiger partial charge >= 0.3 is 0 Å². The number of para-hydroxylation sites is 1. The third-order valence-electron chi connectivity index (χ3n) is 6.85. The molecule has 1 aliphatic rings. The highest BCUT2D eigenvalue weighted by Crippen LogP contribution is 2.39. The van der Waals surface area contributed by atoms with Crippen LogP contribution >= 0.6 is 0 Å². The van der Waals surface area contributed by atoms with Crippen LogP contribution in [0.3, 0.4) is 0 Å². The van der Waals surface area contributed by atoms with E-state index < -0.39 is 0 Å². The first kappa shape index (κ1) is 25.4. The highest BCUT2D eigenvalue weighted by Gasteiger charge is 2.22. The molecule has 1 aliphatic carbocycles. The summed E-state index contributed by atoms with van der Waals surface area (Å²) in [5, 5.41) is 5.14. The van der Waals surface area contributed by atoms with Gasteiger partial charge in [0.2, 0.25) is 5.75 Å². The van der Waals surface area contributed by atoms with E-state index >= 15 is 0 Å². The lowest BCUT2D eigenvalue weighted by Crippen LogP contribution is -2.25. The van der Waals surface area contributed by atoms with Gasteiger partial charge < -0.3 is 14.2 Å². The number of rotatable bonds is 8. The molecule has 0 bridgehead atoms. The molecule has 196 valence electrons. The summed E-state index contributed by atoms with van der Waals surface area (Å²) >= 11 is 0. The Hall–Kier alpha value is -4.20. The van der Waals surface area contributed by atoms with Gasteiger partial charge in [-0.25, -0.2) is 9.37 Å². The number of ether oxygens (including phenoxy) is 3. The van der Waals surface area contributed by atoms with Crippen LogP contribution in [0.4, 0.5) is 4.39 Å². The Morgan fingerprint density at radius 1 is 1.00 bits per heavy atom. The van der Waals surface area contributed by atoms with Crippen molar-refractivity contribution in [1.82, 2.24) is 9.66 Å². The molecule has 1 heterocycles. The summed E-state index contributed by atoms with van der Waals surface area (Å²) in [4.78, 5) is 18.3. The van der Waals surface area contributed by atoms with Crippen LogP contribution in [0, 0.1) is 5.82 Å². The van der Waals surface area contributed by atoms with Crippen LogP contribution in [0.5, 0.6) is 17.2 Å². The zero-order chi connectivity index (χ0) is 26.5. The monoisotopic (exact) mass is 515 g/mol. The summed E-state index contributed by atoms with van der Waals surface area (Å²) in [6, 6.07) is 17.0. The molecule has 0 atom stereocenters. The summed E-state index contributed by atoms with van der Waals surface area (Å²) in [6.07, 6.45) is 7.02. The van der Waals surface area contributed by atoms with Crippen LogP contribution in [0.2, 0.25) is 0 Å². The molecule has 1 saturated carbocycles. The summed E-state index contributed by atoms with van der Waals surface area (Å²) < 4.78 is 31.8. The van der Waals surface area contributed by atoms with E-state index in [2.05, 4.69) is 5.10 Å². The van der Waals surface area contributed by atoms with Crippen molar-refractivity contribution in [2.45, 2.75) is 44.6 Å². The molecule has 1 aromatic heterocycles. The Balaban J connectivity index is 1.50. The highest BCUT2D eigenvalue weighted by atomic mass is 19.1. The minimum atomic E-state index is -0.306. The molecule has 0 aliphatic heterocycles. The first-order chi connectivity index (χ1) is 18.6. The summed E-state index contributed by atoms with van der Waals surface area (Å²) in [7, 11) is 3.08. The second kappa shape index (κ2) is 11.5. The SMILES string of the molecule is COc1cc(C=Nn2c(C3CCCCC3)nc3ccccc3c2=O)cc(OC)c1OCc1ccc(F)cc1. The molecule has 0 radical (unpaired) electrons.